The van der Waals surface area contributed by atoms with Gasteiger partial charge in [-0.3, -0.25) is 4.79 Å². The van der Waals surface area contributed by atoms with E-state index in [0.717, 1.165) is 22.6 Å². The molecule has 0 unspecified atom stereocenters. The number of aliphatic carboxylic acids is 1. The van der Waals surface area contributed by atoms with Gasteiger partial charge in [0.15, 0.2) is 0 Å². The summed E-state index contributed by atoms with van der Waals surface area (Å²) in [5, 5.41) is 11.7. The third-order valence-corrected chi connectivity index (χ3v) is 3.34. The molecule has 0 aliphatic carbocycles. The molecule has 0 saturated carbocycles. The summed E-state index contributed by atoms with van der Waals surface area (Å²) in [6, 6.07) is 1.97. The fraction of sp³-hybridized carbons (Fsp3) is 0.364. The molecule has 0 bridgehead atoms. The highest BCUT2D eigenvalue weighted by atomic mass is 32.1. The van der Waals surface area contributed by atoms with Crippen LogP contribution in [0.5, 0.6) is 0 Å². The van der Waals surface area contributed by atoms with Crippen LogP contribution in [0, 0.1) is 0 Å². The minimum Gasteiger partial charge on any atom is -0.481 e. The molecule has 90 valence electrons. The maximum atomic E-state index is 10.6. The van der Waals surface area contributed by atoms with Crippen LogP contribution in [-0.4, -0.2) is 34.1 Å². The Kier molecular flexibility index (Phi) is 3.53. The largest absolute Gasteiger partial charge is 0.481 e. The second-order valence-corrected chi connectivity index (χ2v) is 4.45. The third kappa shape index (κ3) is 2.52. The van der Waals surface area contributed by atoms with E-state index in [1.54, 1.807) is 11.3 Å². The average Bonchev–Trinajstić information content (AvgIpc) is 2.78. The van der Waals surface area contributed by atoms with Crippen LogP contribution in [0.25, 0.3) is 10.2 Å². The van der Waals surface area contributed by atoms with E-state index in [4.69, 9.17) is 5.11 Å². The van der Waals surface area contributed by atoms with Crippen LogP contribution in [0.2, 0.25) is 0 Å². The van der Waals surface area contributed by atoms with Gasteiger partial charge in [-0.25, -0.2) is 9.97 Å². The number of carbonyl (C=O) groups is 1. The van der Waals surface area contributed by atoms with E-state index in [1.807, 2.05) is 23.3 Å². The average molecular weight is 251 g/mol. The highest BCUT2D eigenvalue weighted by Crippen LogP contribution is 2.26. The zero-order valence-corrected chi connectivity index (χ0v) is 10.3. The van der Waals surface area contributed by atoms with Gasteiger partial charge in [-0.05, 0) is 18.4 Å². The van der Waals surface area contributed by atoms with Gasteiger partial charge in [0.05, 0.1) is 11.8 Å². The Labute approximate surface area is 103 Å². The molecule has 2 rings (SSSR count). The minimum atomic E-state index is -0.793. The molecule has 0 aliphatic rings. The first-order chi connectivity index (χ1) is 8.22. The fourth-order valence-corrected chi connectivity index (χ4v) is 2.40. The third-order valence-electron chi connectivity index (χ3n) is 2.52. The van der Waals surface area contributed by atoms with Crippen LogP contribution in [-0.2, 0) is 4.79 Å². The number of carboxylic acid groups (broad SMARTS) is 1. The number of hydrogen-bond acceptors (Lipinski definition) is 5. The maximum absolute atomic E-state index is 10.6. The normalized spacial score (nSPS) is 10.6. The van der Waals surface area contributed by atoms with Gasteiger partial charge in [0.2, 0.25) is 0 Å². The van der Waals surface area contributed by atoms with Gasteiger partial charge in [0.1, 0.15) is 17.0 Å². The summed E-state index contributed by atoms with van der Waals surface area (Å²) < 4.78 is 0. The molecule has 2 heterocycles. The number of fused-ring (bicyclic) bond motifs is 1. The molecule has 0 saturated heterocycles. The Hall–Kier alpha value is -1.69. The molecular weight excluding hydrogens is 238 g/mol. The lowest BCUT2D eigenvalue weighted by atomic mass is 10.3. The second-order valence-electron chi connectivity index (χ2n) is 3.56. The summed E-state index contributed by atoms with van der Waals surface area (Å²) in [7, 11) is 0. The highest BCUT2D eigenvalue weighted by molar-refractivity contribution is 7.16. The van der Waals surface area contributed by atoms with Gasteiger partial charge in [0.25, 0.3) is 0 Å². The van der Waals surface area contributed by atoms with Gasteiger partial charge in [-0.1, -0.05) is 0 Å². The van der Waals surface area contributed by atoms with Crippen molar-refractivity contribution in [2.45, 2.75) is 13.3 Å². The lowest BCUT2D eigenvalue weighted by Gasteiger charge is -2.21. The zero-order chi connectivity index (χ0) is 12.3. The molecule has 0 atom stereocenters. The van der Waals surface area contributed by atoms with E-state index >= 15 is 0 Å². The number of thiophene rings is 1. The van der Waals surface area contributed by atoms with Crippen molar-refractivity contribution in [2.75, 3.05) is 18.0 Å². The van der Waals surface area contributed by atoms with Crippen molar-refractivity contribution < 1.29 is 9.90 Å². The summed E-state index contributed by atoms with van der Waals surface area (Å²) in [6.45, 7) is 3.19. The summed E-state index contributed by atoms with van der Waals surface area (Å²) in [6.07, 6.45) is 1.64. The van der Waals surface area contributed by atoms with Crippen LogP contribution in [0.3, 0.4) is 0 Å². The van der Waals surface area contributed by atoms with Crippen LogP contribution in [0.1, 0.15) is 13.3 Å². The van der Waals surface area contributed by atoms with E-state index in [9.17, 15) is 4.79 Å². The van der Waals surface area contributed by atoms with E-state index in [1.165, 1.54) is 6.33 Å². The first kappa shape index (κ1) is 11.8. The molecule has 2 aromatic heterocycles. The first-order valence-corrected chi connectivity index (χ1v) is 6.25. The van der Waals surface area contributed by atoms with Crippen molar-refractivity contribution in [3.8, 4) is 0 Å². The Bertz CT molecular complexity index is 526. The van der Waals surface area contributed by atoms with Gasteiger partial charge < -0.3 is 10.0 Å². The van der Waals surface area contributed by atoms with Gasteiger partial charge >= 0.3 is 5.97 Å². The smallest absolute Gasteiger partial charge is 0.305 e. The monoisotopic (exact) mass is 251 g/mol. The standard InChI is InChI=1S/C11H13N3O2S/c1-2-14(5-3-9(15)16)10-8-4-6-17-11(8)13-7-12-10/h4,6-7H,2-3,5H2,1H3,(H,15,16). The van der Waals surface area contributed by atoms with Crippen LogP contribution in [0.4, 0.5) is 5.82 Å². The lowest BCUT2D eigenvalue weighted by Crippen LogP contribution is -2.26. The van der Waals surface area contributed by atoms with Gasteiger partial charge in [0, 0.05) is 13.1 Å². The Balaban J connectivity index is 2.29. The predicted octanol–water partition coefficient (Wildman–Crippen LogP) is 1.99. The van der Waals surface area contributed by atoms with Crippen molar-refractivity contribution in [2.24, 2.45) is 0 Å². The quantitative estimate of drug-likeness (QED) is 0.880. The van der Waals surface area contributed by atoms with Crippen molar-refractivity contribution in [1.29, 1.82) is 0 Å². The lowest BCUT2D eigenvalue weighted by molar-refractivity contribution is -0.136. The van der Waals surface area contributed by atoms with Crippen molar-refractivity contribution in [3.05, 3.63) is 17.8 Å². The van der Waals surface area contributed by atoms with Crippen LogP contribution in [0.15, 0.2) is 17.8 Å². The van der Waals surface area contributed by atoms with Crippen molar-refractivity contribution in [3.63, 3.8) is 0 Å². The predicted molar refractivity (Wildman–Crippen MR) is 67.6 cm³/mol. The molecule has 1 N–H and O–H groups in total. The van der Waals surface area contributed by atoms with E-state index < -0.39 is 5.97 Å². The molecule has 0 radical (unpaired) electrons. The second kappa shape index (κ2) is 5.09. The molecule has 5 nitrogen and oxygen atoms in total. The Morgan fingerprint density at radius 3 is 3.06 bits per heavy atom. The number of hydrogen-bond donors (Lipinski definition) is 1. The molecule has 0 amide bonds. The molecule has 0 spiro atoms. The topological polar surface area (TPSA) is 66.3 Å². The Morgan fingerprint density at radius 1 is 1.53 bits per heavy atom. The number of aromatic nitrogens is 2. The number of carboxylic acids is 1. The molecule has 0 aliphatic heterocycles. The summed E-state index contributed by atoms with van der Waals surface area (Å²) in [4.78, 5) is 21.9. The molecule has 0 fully saturated rings. The van der Waals surface area contributed by atoms with Crippen molar-refractivity contribution in [1.82, 2.24) is 9.97 Å². The van der Waals surface area contributed by atoms with E-state index in [0.29, 0.717) is 6.54 Å². The molecule has 17 heavy (non-hydrogen) atoms. The van der Waals surface area contributed by atoms with E-state index in [-0.39, 0.29) is 6.42 Å². The maximum Gasteiger partial charge on any atom is 0.305 e. The summed E-state index contributed by atoms with van der Waals surface area (Å²) >= 11 is 1.56. The molecule has 6 heteroatoms. The van der Waals surface area contributed by atoms with Gasteiger partial charge in [-0.15, -0.1) is 11.3 Å². The fourth-order valence-electron chi connectivity index (χ4n) is 1.67. The zero-order valence-electron chi connectivity index (χ0n) is 9.46. The van der Waals surface area contributed by atoms with E-state index in [2.05, 4.69) is 9.97 Å². The molecule has 2 aromatic rings. The first-order valence-electron chi connectivity index (χ1n) is 5.37. The van der Waals surface area contributed by atoms with Crippen LogP contribution < -0.4 is 4.90 Å². The number of nitrogens with zero attached hydrogens (tertiary/aromatic N) is 3. The molecule has 0 aromatic carbocycles. The van der Waals surface area contributed by atoms with Gasteiger partial charge in [-0.2, -0.15) is 0 Å². The highest BCUT2D eigenvalue weighted by Gasteiger charge is 2.12. The van der Waals surface area contributed by atoms with Crippen LogP contribution >= 0.6 is 11.3 Å². The number of rotatable bonds is 5. The summed E-state index contributed by atoms with van der Waals surface area (Å²) in [5.74, 6) is 0.0269. The minimum absolute atomic E-state index is 0.115. The van der Waals surface area contributed by atoms with Crippen molar-refractivity contribution >= 4 is 33.3 Å². The summed E-state index contributed by atoms with van der Waals surface area (Å²) in [5.41, 5.74) is 0. The Morgan fingerprint density at radius 2 is 2.35 bits per heavy atom. The SMILES string of the molecule is CCN(CCC(=O)O)c1ncnc2sccc12. The number of anilines is 1. The molecular formula is C11H13N3O2S.